The van der Waals surface area contributed by atoms with Gasteiger partial charge in [-0.3, -0.25) is 4.90 Å². The van der Waals surface area contributed by atoms with Crippen molar-refractivity contribution in [2.24, 2.45) is 0 Å². The molecular weight excluding hydrogens is 462 g/mol. The fraction of sp³-hybridized carbons (Fsp3) is 0.321. The van der Waals surface area contributed by atoms with E-state index in [0.717, 1.165) is 21.6 Å². The summed E-state index contributed by atoms with van der Waals surface area (Å²) in [4.78, 5) is 13.0. The molecule has 1 amide bonds. The van der Waals surface area contributed by atoms with Crippen molar-refractivity contribution in [1.29, 1.82) is 0 Å². The summed E-state index contributed by atoms with van der Waals surface area (Å²) < 4.78 is 18.2. The monoisotopic (exact) mass is 493 g/mol. The van der Waals surface area contributed by atoms with Crippen LogP contribution in [-0.2, 0) is 34.0 Å². The molecule has 1 fully saturated rings. The topological polar surface area (TPSA) is 109 Å². The zero-order valence-corrected chi connectivity index (χ0v) is 19.8. The largest absolute Gasteiger partial charge is 0.465 e. The molecule has 1 aliphatic heterocycles. The molecular formula is C28H31NO7. The molecule has 3 N–H and O–H groups in total. The number of carbonyl (C=O) groups is 1. The van der Waals surface area contributed by atoms with Crippen LogP contribution in [0.1, 0.15) is 16.7 Å². The molecule has 3 aromatic rings. The smallest absolute Gasteiger partial charge is 0.409 e. The van der Waals surface area contributed by atoms with Crippen LogP contribution in [0.2, 0.25) is 0 Å². The zero-order valence-electron chi connectivity index (χ0n) is 19.8. The number of carboxylic acid groups (broad SMARTS) is 1. The maximum absolute atomic E-state index is 12.2. The Balaban J connectivity index is 1.57. The van der Waals surface area contributed by atoms with E-state index in [4.69, 9.17) is 14.2 Å². The highest BCUT2D eigenvalue weighted by Crippen LogP contribution is 2.30. The van der Waals surface area contributed by atoms with Gasteiger partial charge in [0.05, 0.1) is 32.5 Å². The third-order valence-corrected chi connectivity index (χ3v) is 6.18. The molecule has 1 saturated heterocycles. The van der Waals surface area contributed by atoms with Crippen LogP contribution in [-0.4, -0.2) is 63.5 Å². The second-order valence-corrected chi connectivity index (χ2v) is 8.68. The average Bonchev–Trinajstić information content (AvgIpc) is 2.90. The van der Waals surface area contributed by atoms with Crippen LogP contribution in [0.4, 0.5) is 4.79 Å². The number of hydrogen-bond acceptors (Lipinski definition) is 6. The minimum absolute atomic E-state index is 0.0599. The molecule has 1 heterocycles. The first-order chi connectivity index (χ1) is 17.5. The number of hydrogen-bond donors (Lipinski definition) is 3. The van der Waals surface area contributed by atoms with E-state index in [-0.39, 0.29) is 26.4 Å². The molecule has 4 rings (SSSR count). The molecule has 3 aromatic carbocycles. The minimum atomic E-state index is -1.70. The number of amides is 1. The number of benzene rings is 3. The van der Waals surface area contributed by atoms with Gasteiger partial charge in [0, 0.05) is 0 Å². The summed E-state index contributed by atoms with van der Waals surface area (Å²) >= 11 is 0. The Morgan fingerprint density at radius 1 is 0.694 bits per heavy atom. The Labute approximate surface area is 210 Å². The number of rotatable bonds is 10. The van der Waals surface area contributed by atoms with Gasteiger partial charge in [0.2, 0.25) is 0 Å². The van der Waals surface area contributed by atoms with Crippen LogP contribution in [0.3, 0.4) is 0 Å². The lowest BCUT2D eigenvalue weighted by Crippen LogP contribution is -2.69. The van der Waals surface area contributed by atoms with Gasteiger partial charge in [-0.15, -0.1) is 0 Å². The summed E-state index contributed by atoms with van der Waals surface area (Å²) in [5.41, 5.74) is 2.68. The highest BCUT2D eigenvalue weighted by molar-refractivity contribution is 5.66. The van der Waals surface area contributed by atoms with Crippen molar-refractivity contribution in [2.45, 2.75) is 50.4 Å². The fourth-order valence-electron chi connectivity index (χ4n) is 4.34. The summed E-state index contributed by atoms with van der Waals surface area (Å²) in [5, 5.41) is 31.6. The van der Waals surface area contributed by atoms with E-state index in [1.807, 2.05) is 91.0 Å². The molecule has 0 radical (unpaired) electrons. The van der Waals surface area contributed by atoms with E-state index in [2.05, 4.69) is 0 Å². The lowest BCUT2D eigenvalue weighted by Gasteiger charge is -2.48. The Morgan fingerprint density at radius 2 is 1.14 bits per heavy atom. The first-order valence-electron chi connectivity index (χ1n) is 11.8. The van der Waals surface area contributed by atoms with E-state index in [9.17, 15) is 20.1 Å². The SMILES string of the molecule is O=C(O)N1[C@H](O)[C@H](O)C(OCc2ccccc2)[C@H](OCc2ccccc2)[C@H]1COCc1ccccc1. The maximum Gasteiger partial charge on any atom is 0.409 e. The number of ether oxygens (including phenoxy) is 3. The Hall–Kier alpha value is -3.27. The molecule has 8 heteroatoms. The van der Waals surface area contributed by atoms with Gasteiger partial charge in [0.25, 0.3) is 0 Å². The van der Waals surface area contributed by atoms with Crippen molar-refractivity contribution in [1.82, 2.24) is 4.90 Å². The van der Waals surface area contributed by atoms with E-state index >= 15 is 0 Å². The van der Waals surface area contributed by atoms with Crippen LogP contribution in [0.5, 0.6) is 0 Å². The molecule has 0 spiro atoms. The third-order valence-electron chi connectivity index (χ3n) is 6.18. The molecule has 5 atom stereocenters. The van der Waals surface area contributed by atoms with Gasteiger partial charge in [0.1, 0.15) is 18.3 Å². The van der Waals surface area contributed by atoms with Gasteiger partial charge in [-0.05, 0) is 16.7 Å². The highest BCUT2D eigenvalue weighted by atomic mass is 16.6. The van der Waals surface area contributed by atoms with Gasteiger partial charge in [-0.2, -0.15) is 0 Å². The molecule has 0 aromatic heterocycles. The summed E-state index contributed by atoms with van der Waals surface area (Å²) in [6.07, 6.45) is -6.50. The van der Waals surface area contributed by atoms with Crippen molar-refractivity contribution in [3.63, 3.8) is 0 Å². The maximum atomic E-state index is 12.2. The van der Waals surface area contributed by atoms with E-state index in [1.165, 1.54) is 0 Å². The van der Waals surface area contributed by atoms with E-state index in [1.54, 1.807) is 0 Å². The number of nitrogens with zero attached hydrogens (tertiary/aromatic N) is 1. The summed E-state index contributed by atoms with van der Waals surface area (Å²) in [5.74, 6) is 0. The molecule has 0 aliphatic carbocycles. The van der Waals surface area contributed by atoms with Crippen molar-refractivity contribution in [3.8, 4) is 0 Å². The Bertz CT molecular complexity index is 1070. The Kier molecular flexibility index (Phi) is 9.05. The van der Waals surface area contributed by atoms with Crippen LogP contribution in [0.15, 0.2) is 91.0 Å². The molecule has 0 saturated carbocycles. The van der Waals surface area contributed by atoms with Crippen LogP contribution in [0, 0.1) is 0 Å². The Morgan fingerprint density at radius 3 is 1.61 bits per heavy atom. The first kappa shape index (κ1) is 25.8. The average molecular weight is 494 g/mol. The normalized spacial score (nSPS) is 23.9. The lowest BCUT2D eigenvalue weighted by molar-refractivity contribution is -0.242. The van der Waals surface area contributed by atoms with Gasteiger partial charge in [0.15, 0.2) is 6.23 Å². The van der Waals surface area contributed by atoms with Crippen molar-refractivity contribution < 1.29 is 34.3 Å². The molecule has 8 nitrogen and oxygen atoms in total. The number of likely N-dealkylation sites (tertiary alicyclic amines) is 1. The van der Waals surface area contributed by atoms with Gasteiger partial charge in [-0.1, -0.05) is 91.0 Å². The second-order valence-electron chi connectivity index (χ2n) is 8.68. The van der Waals surface area contributed by atoms with Crippen LogP contribution in [0.25, 0.3) is 0 Å². The van der Waals surface area contributed by atoms with Crippen LogP contribution >= 0.6 is 0 Å². The predicted molar refractivity (Wildman–Crippen MR) is 132 cm³/mol. The lowest BCUT2D eigenvalue weighted by atomic mass is 9.92. The number of piperidine rings is 1. The van der Waals surface area contributed by atoms with Gasteiger partial charge in [-0.25, -0.2) is 4.79 Å². The number of aliphatic hydroxyl groups excluding tert-OH is 2. The van der Waals surface area contributed by atoms with Crippen molar-refractivity contribution in [3.05, 3.63) is 108 Å². The van der Waals surface area contributed by atoms with Crippen molar-refractivity contribution in [2.75, 3.05) is 6.61 Å². The zero-order chi connectivity index (χ0) is 25.3. The molecule has 0 bridgehead atoms. The van der Waals surface area contributed by atoms with Gasteiger partial charge >= 0.3 is 6.09 Å². The molecule has 190 valence electrons. The summed E-state index contributed by atoms with van der Waals surface area (Å²) in [6, 6.07) is 27.4. The highest BCUT2D eigenvalue weighted by Gasteiger charge is 2.52. The number of aliphatic hydroxyl groups is 2. The minimum Gasteiger partial charge on any atom is -0.465 e. The summed E-state index contributed by atoms with van der Waals surface area (Å²) in [7, 11) is 0. The van der Waals surface area contributed by atoms with Crippen molar-refractivity contribution >= 4 is 6.09 Å². The quantitative estimate of drug-likeness (QED) is 0.397. The van der Waals surface area contributed by atoms with E-state index < -0.39 is 36.7 Å². The standard InChI is InChI=1S/C28H31NO7/c30-24-26(36-18-22-14-8-3-9-15-22)25(35-17-21-12-6-2-7-13-21)23(29(27(24)31)28(32)33)19-34-16-20-10-4-1-5-11-20/h1-15,23-27,30-31H,16-19H2,(H,32,33)/t23-,24-,25-,26?,27-/m1/s1. The predicted octanol–water partition coefficient (Wildman–Crippen LogP) is 3.42. The molecule has 36 heavy (non-hydrogen) atoms. The molecule has 1 unspecified atom stereocenters. The van der Waals surface area contributed by atoms with Crippen LogP contribution < -0.4 is 0 Å². The third kappa shape index (κ3) is 6.48. The van der Waals surface area contributed by atoms with Gasteiger partial charge < -0.3 is 29.5 Å². The second kappa shape index (κ2) is 12.6. The molecule has 1 aliphatic rings. The van der Waals surface area contributed by atoms with E-state index in [0.29, 0.717) is 0 Å². The summed E-state index contributed by atoms with van der Waals surface area (Å²) in [6.45, 7) is 0.521. The fourth-order valence-corrected chi connectivity index (χ4v) is 4.34. The first-order valence-corrected chi connectivity index (χ1v) is 11.8.